The van der Waals surface area contributed by atoms with Crippen molar-refractivity contribution >= 4 is 39.0 Å². The van der Waals surface area contributed by atoms with Crippen molar-refractivity contribution in [2.45, 2.75) is 26.4 Å². The Morgan fingerprint density at radius 3 is 2.94 bits per heavy atom. The van der Waals surface area contributed by atoms with E-state index >= 15 is 0 Å². The number of carbonyl (C=O) groups excluding carboxylic acids is 1. The Kier molecular flexibility index (Phi) is 5.05. The Morgan fingerprint density at radius 1 is 1.23 bits per heavy atom. The lowest BCUT2D eigenvalue weighted by Crippen LogP contribution is -2.41. The summed E-state index contributed by atoms with van der Waals surface area (Å²) in [5, 5.41) is 4.57. The first-order valence-corrected chi connectivity index (χ1v) is 12.0. The molecule has 35 heavy (non-hydrogen) atoms. The average molecular weight is 484 g/mol. The maximum atomic E-state index is 13.2. The molecule has 3 N–H and O–H groups in total. The third-order valence-electron chi connectivity index (χ3n) is 6.04. The summed E-state index contributed by atoms with van der Waals surface area (Å²) in [6.45, 7) is 4.02. The predicted octanol–water partition coefficient (Wildman–Crippen LogP) is 3.35. The molecule has 10 heteroatoms. The van der Waals surface area contributed by atoms with Crippen molar-refractivity contribution < 1.29 is 4.79 Å². The van der Waals surface area contributed by atoms with E-state index in [0.717, 1.165) is 32.9 Å². The van der Waals surface area contributed by atoms with Gasteiger partial charge >= 0.3 is 0 Å². The molecule has 0 radical (unpaired) electrons. The lowest BCUT2D eigenvalue weighted by Gasteiger charge is -2.27. The number of fused-ring (bicyclic) bond motifs is 4. The molecule has 174 valence electrons. The number of aliphatic imine (C=N–C) groups is 1. The second kappa shape index (κ2) is 8.26. The molecule has 2 aliphatic rings. The number of carbonyl (C=O) groups is 1. The first-order chi connectivity index (χ1) is 17.0. The summed E-state index contributed by atoms with van der Waals surface area (Å²) in [5.74, 6) is 0.868. The standard InChI is InChI=1S/C25H21N7O2S/c1-13-7-21-30-14(2)22-23(33)17(11-27-24(22)32(21)31-13)25(34)28-10-15-3-5-18(26-9-15)16-4-6-20-19(8-16)29-12-35-20/h3-9,11-13,31H,10H2,1-2H3,(H,27,33)(H,28,34). The number of hydrazine groups is 1. The van der Waals surface area contributed by atoms with E-state index in [-0.39, 0.29) is 23.6 Å². The number of H-pyrrole nitrogens is 1. The maximum Gasteiger partial charge on any atom is 0.257 e. The van der Waals surface area contributed by atoms with Crippen molar-refractivity contribution in [3.05, 3.63) is 87.0 Å². The molecule has 4 aromatic rings. The SMILES string of the molecule is CC1=NC2=CC(C)NN2c2[nH]cc(C(=O)NCc3ccc(-c4ccc5scnc5c4)nc3)c(=O)c21. The molecule has 6 rings (SSSR count). The summed E-state index contributed by atoms with van der Waals surface area (Å²) in [4.78, 5) is 42.5. The fraction of sp³-hybridized carbons (Fsp3) is 0.160. The van der Waals surface area contributed by atoms with Crippen molar-refractivity contribution in [2.75, 3.05) is 5.01 Å². The van der Waals surface area contributed by atoms with Gasteiger partial charge in [-0.05, 0) is 43.7 Å². The van der Waals surface area contributed by atoms with E-state index in [0.29, 0.717) is 17.1 Å². The van der Waals surface area contributed by atoms with Crippen LogP contribution in [-0.4, -0.2) is 32.6 Å². The lowest BCUT2D eigenvalue weighted by atomic mass is 10.1. The number of hydrogen-bond acceptors (Lipinski definition) is 8. The molecule has 1 unspecified atom stereocenters. The minimum Gasteiger partial charge on any atom is -0.348 e. The van der Waals surface area contributed by atoms with Gasteiger partial charge in [0, 0.05) is 30.5 Å². The topological polar surface area (TPSA) is 115 Å². The summed E-state index contributed by atoms with van der Waals surface area (Å²) < 4.78 is 1.13. The van der Waals surface area contributed by atoms with Gasteiger partial charge in [-0.25, -0.2) is 20.4 Å². The van der Waals surface area contributed by atoms with Crippen LogP contribution in [0, 0.1) is 0 Å². The molecule has 0 spiro atoms. The van der Waals surface area contributed by atoms with Crippen LogP contribution >= 0.6 is 11.3 Å². The van der Waals surface area contributed by atoms with Crippen LogP contribution in [0.1, 0.15) is 35.3 Å². The molecule has 1 amide bonds. The average Bonchev–Trinajstić information content (AvgIpc) is 3.48. The van der Waals surface area contributed by atoms with Crippen LogP contribution in [0.5, 0.6) is 0 Å². The number of thiazole rings is 1. The first-order valence-electron chi connectivity index (χ1n) is 11.1. The van der Waals surface area contributed by atoms with Crippen LogP contribution in [0.2, 0.25) is 0 Å². The van der Waals surface area contributed by atoms with Gasteiger partial charge in [-0.2, -0.15) is 0 Å². The van der Waals surface area contributed by atoms with Gasteiger partial charge in [0.05, 0.1) is 32.7 Å². The van der Waals surface area contributed by atoms with Crippen molar-refractivity contribution in [2.24, 2.45) is 4.99 Å². The molecule has 1 atom stereocenters. The van der Waals surface area contributed by atoms with Gasteiger partial charge < -0.3 is 10.3 Å². The van der Waals surface area contributed by atoms with E-state index in [1.807, 2.05) is 48.8 Å². The number of anilines is 1. The maximum absolute atomic E-state index is 13.2. The predicted molar refractivity (Wildman–Crippen MR) is 136 cm³/mol. The minimum absolute atomic E-state index is 0.0409. The van der Waals surface area contributed by atoms with Gasteiger partial charge in [-0.15, -0.1) is 11.3 Å². The second-order valence-electron chi connectivity index (χ2n) is 8.50. The Bertz CT molecular complexity index is 1600. The Labute approximate surface area is 204 Å². The minimum atomic E-state index is -0.455. The van der Waals surface area contributed by atoms with Gasteiger partial charge in [0.1, 0.15) is 17.2 Å². The third kappa shape index (κ3) is 3.72. The van der Waals surface area contributed by atoms with Gasteiger partial charge in [-0.1, -0.05) is 12.1 Å². The third-order valence-corrected chi connectivity index (χ3v) is 6.85. The number of benzene rings is 1. The van der Waals surface area contributed by atoms with Crippen LogP contribution in [0.15, 0.2) is 69.9 Å². The summed E-state index contributed by atoms with van der Waals surface area (Å²) in [6.07, 6.45) is 5.15. The Hall–Kier alpha value is -4.15. The summed E-state index contributed by atoms with van der Waals surface area (Å²) in [7, 11) is 0. The van der Waals surface area contributed by atoms with Crippen LogP contribution in [0.3, 0.4) is 0 Å². The fourth-order valence-electron chi connectivity index (χ4n) is 4.29. The number of pyridine rings is 2. The number of aromatic amines is 1. The molecule has 3 aromatic heterocycles. The van der Waals surface area contributed by atoms with Gasteiger partial charge in [0.25, 0.3) is 5.91 Å². The van der Waals surface area contributed by atoms with E-state index in [2.05, 4.69) is 30.7 Å². The smallest absolute Gasteiger partial charge is 0.257 e. The molecule has 1 aromatic carbocycles. The highest BCUT2D eigenvalue weighted by molar-refractivity contribution is 7.16. The van der Waals surface area contributed by atoms with Crippen molar-refractivity contribution in [3.8, 4) is 11.3 Å². The molecule has 0 aliphatic carbocycles. The van der Waals surface area contributed by atoms with Gasteiger partial charge in [0.2, 0.25) is 5.43 Å². The molecule has 0 saturated heterocycles. The number of amides is 1. The number of hydrogen-bond donors (Lipinski definition) is 3. The van der Waals surface area contributed by atoms with Gasteiger partial charge in [-0.3, -0.25) is 14.6 Å². The normalized spacial score (nSPS) is 16.5. The van der Waals surface area contributed by atoms with Crippen molar-refractivity contribution in [3.63, 3.8) is 0 Å². The Morgan fingerprint density at radius 2 is 2.11 bits per heavy atom. The zero-order chi connectivity index (χ0) is 24.1. The largest absolute Gasteiger partial charge is 0.348 e. The molecule has 9 nitrogen and oxygen atoms in total. The number of aromatic nitrogens is 3. The summed E-state index contributed by atoms with van der Waals surface area (Å²) >= 11 is 1.60. The van der Waals surface area contributed by atoms with E-state index in [4.69, 9.17) is 0 Å². The number of nitrogens with zero attached hydrogens (tertiary/aromatic N) is 4. The Balaban J connectivity index is 1.18. The molecule has 0 fully saturated rings. The van der Waals surface area contributed by atoms with Gasteiger partial charge in [0.15, 0.2) is 0 Å². The molecular weight excluding hydrogens is 462 g/mol. The van der Waals surface area contributed by atoms with E-state index in [1.165, 1.54) is 6.20 Å². The van der Waals surface area contributed by atoms with Crippen LogP contribution in [0.4, 0.5) is 5.82 Å². The number of rotatable bonds is 4. The summed E-state index contributed by atoms with van der Waals surface area (Å²) in [6, 6.07) is 9.99. The zero-order valence-corrected chi connectivity index (χ0v) is 19.8. The summed E-state index contributed by atoms with van der Waals surface area (Å²) in [5.41, 5.74) is 9.29. The molecule has 0 saturated carbocycles. The quantitative estimate of drug-likeness (QED) is 0.410. The van der Waals surface area contributed by atoms with Crippen molar-refractivity contribution in [1.29, 1.82) is 0 Å². The second-order valence-corrected chi connectivity index (χ2v) is 9.39. The monoisotopic (exact) mass is 483 g/mol. The fourth-order valence-corrected chi connectivity index (χ4v) is 4.95. The van der Waals surface area contributed by atoms with E-state index in [9.17, 15) is 9.59 Å². The highest BCUT2D eigenvalue weighted by Crippen LogP contribution is 2.28. The van der Waals surface area contributed by atoms with Crippen molar-refractivity contribution in [1.82, 2.24) is 25.7 Å². The molecule has 2 aliphatic heterocycles. The highest BCUT2D eigenvalue weighted by Gasteiger charge is 2.31. The lowest BCUT2D eigenvalue weighted by molar-refractivity contribution is 0.0949. The number of nitrogens with one attached hydrogen (secondary N) is 3. The van der Waals surface area contributed by atoms with Crippen LogP contribution in [-0.2, 0) is 6.54 Å². The van der Waals surface area contributed by atoms with E-state index < -0.39 is 5.91 Å². The highest BCUT2D eigenvalue weighted by atomic mass is 32.1. The zero-order valence-electron chi connectivity index (χ0n) is 19.0. The van der Waals surface area contributed by atoms with Crippen LogP contribution in [0.25, 0.3) is 21.5 Å². The first kappa shape index (κ1) is 21.4. The molecule has 5 heterocycles. The van der Waals surface area contributed by atoms with Crippen LogP contribution < -0.4 is 21.2 Å². The molecule has 0 bridgehead atoms. The van der Waals surface area contributed by atoms with E-state index in [1.54, 1.807) is 29.5 Å². The molecular formula is C25H21N7O2S.